The zero-order valence-electron chi connectivity index (χ0n) is 27.8. The summed E-state index contributed by atoms with van der Waals surface area (Å²) in [5, 5.41) is 5.40. The maximum Gasteiger partial charge on any atom is 0.221 e. The molecular weight excluding hydrogens is 637 g/mol. The molecule has 0 atom stereocenters. The van der Waals surface area contributed by atoms with E-state index in [4.69, 9.17) is 19.9 Å². The largest absolute Gasteiger partial charge is 0.278 e. The van der Waals surface area contributed by atoms with Gasteiger partial charge in [-0.2, -0.15) is 0 Å². The molecule has 0 aliphatic carbocycles. The van der Waals surface area contributed by atoms with Crippen molar-refractivity contribution in [3.8, 4) is 39.9 Å². The van der Waals surface area contributed by atoms with E-state index in [2.05, 4.69) is 155 Å². The third-order valence-electron chi connectivity index (χ3n) is 10.1. The first-order chi connectivity index (χ1) is 25.8. The first kappa shape index (κ1) is 28.6. The highest BCUT2D eigenvalue weighted by Gasteiger charge is 2.23. The minimum Gasteiger partial charge on any atom is -0.278 e. The van der Waals surface area contributed by atoms with Crippen LogP contribution < -0.4 is 0 Å². The summed E-state index contributed by atoms with van der Waals surface area (Å²) in [6.07, 6.45) is 0. The Morgan fingerprint density at radius 3 is 1.65 bits per heavy atom. The number of fused-ring (bicyclic) bond motifs is 10. The summed E-state index contributed by atoms with van der Waals surface area (Å²) in [7, 11) is 0. The zero-order valence-corrected chi connectivity index (χ0v) is 27.8. The molecule has 0 spiro atoms. The van der Waals surface area contributed by atoms with Gasteiger partial charge in [0.25, 0.3) is 0 Å². The lowest BCUT2D eigenvalue weighted by atomic mass is 9.99. The molecule has 0 bridgehead atoms. The van der Waals surface area contributed by atoms with E-state index in [0.29, 0.717) is 5.82 Å². The van der Waals surface area contributed by atoms with E-state index < -0.39 is 0 Å². The topological polar surface area (TPSA) is 60.9 Å². The van der Waals surface area contributed by atoms with Crippen LogP contribution >= 0.6 is 0 Å². The van der Waals surface area contributed by atoms with Crippen molar-refractivity contribution in [2.75, 3.05) is 0 Å². The van der Waals surface area contributed by atoms with Crippen molar-refractivity contribution in [1.29, 1.82) is 0 Å². The SMILES string of the molecule is c1ccc(-c2cc(-c3ccccc3)nc(-c3cc4c5ccccc5n(-c5nc6ccccc6c6nc7ccccc7n56)c4c4ccccc34)n2)cc1. The molecule has 0 saturated heterocycles. The van der Waals surface area contributed by atoms with Gasteiger partial charge in [-0.05, 0) is 47.9 Å². The number of para-hydroxylation sites is 4. The number of hydrogen-bond acceptors (Lipinski definition) is 4. The van der Waals surface area contributed by atoms with Gasteiger partial charge in [-0.1, -0.05) is 127 Å². The van der Waals surface area contributed by atoms with Crippen LogP contribution in [0.2, 0.25) is 0 Å². The van der Waals surface area contributed by atoms with Crippen LogP contribution in [0.5, 0.6) is 0 Å². The number of imidazole rings is 1. The van der Waals surface area contributed by atoms with Crippen LogP contribution in [0, 0.1) is 0 Å². The van der Waals surface area contributed by atoms with Crippen LogP contribution in [0.4, 0.5) is 0 Å². The van der Waals surface area contributed by atoms with Crippen LogP contribution in [-0.4, -0.2) is 28.9 Å². The Hall–Kier alpha value is -7.18. The molecular formula is C46H28N6. The molecule has 0 fully saturated rings. The summed E-state index contributed by atoms with van der Waals surface area (Å²) in [5.41, 5.74) is 10.7. The van der Waals surface area contributed by atoms with E-state index in [1.807, 2.05) is 24.3 Å². The van der Waals surface area contributed by atoms with Crippen molar-refractivity contribution in [3.63, 3.8) is 0 Å². The maximum atomic E-state index is 5.41. The average Bonchev–Trinajstić information content (AvgIpc) is 3.78. The van der Waals surface area contributed by atoms with Gasteiger partial charge in [0.1, 0.15) is 5.65 Å². The van der Waals surface area contributed by atoms with Crippen LogP contribution in [0.25, 0.3) is 100 Å². The van der Waals surface area contributed by atoms with E-state index >= 15 is 0 Å². The quantitative estimate of drug-likeness (QED) is 0.188. The molecule has 242 valence electrons. The second-order valence-corrected chi connectivity index (χ2v) is 13.1. The number of nitrogens with zero attached hydrogens (tertiary/aromatic N) is 6. The Kier molecular flexibility index (Phi) is 6.15. The molecule has 6 heteroatoms. The van der Waals surface area contributed by atoms with Crippen molar-refractivity contribution >= 4 is 60.2 Å². The van der Waals surface area contributed by atoms with Gasteiger partial charge in [0.2, 0.25) is 5.95 Å². The summed E-state index contributed by atoms with van der Waals surface area (Å²) in [6, 6.07) is 58.8. The monoisotopic (exact) mass is 664 g/mol. The molecule has 0 N–H and O–H groups in total. The Labute approximate surface area is 297 Å². The Balaban J connectivity index is 1.28. The molecule has 0 amide bonds. The van der Waals surface area contributed by atoms with Gasteiger partial charge in [-0.25, -0.2) is 19.9 Å². The number of hydrogen-bond donors (Lipinski definition) is 0. The lowest BCUT2D eigenvalue weighted by Gasteiger charge is -2.15. The van der Waals surface area contributed by atoms with Crippen LogP contribution in [0.3, 0.4) is 0 Å². The third kappa shape index (κ3) is 4.25. The van der Waals surface area contributed by atoms with Crippen LogP contribution in [0.1, 0.15) is 0 Å². The zero-order chi connectivity index (χ0) is 34.2. The van der Waals surface area contributed by atoms with Crippen LogP contribution in [0.15, 0.2) is 170 Å². The van der Waals surface area contributed by atoms with Gasteiger partial charge in [0.05, 0.1) is 39.0 Å². The second-order valence-electron chi connectivity index (χ2n) is 13.1. The maximum absolute atomic E-state index is 5.41. The minimum atomic E-state index is 0.682. The van der Waals surface area contributed by atoms with Gasteiger partial charge in [-0.15, -0.1) is 0 Å². The smallest absolute Gasteiger partial charge is 0.221 e. The minimum absolute atomic E-state index is 0.682. The second kappa shape index (κ2) is 11.2. The number of aromatic nitrogens is 6. The molecule has 11 rings (SSSR count). The first-order valence-electron chi connectivity index (χ1n) is 17.4. The van der Waals surface area contributed by atoms with Gasteiger partial charge in [0, 0.05) is 38.2 Å². The van der Waals surface area contributed by atoms with Gasteiger partial charge < -0.3 is 0 Å². The normalized spacial score (nSPS) is 11.8. The Morgan fingerprint density at radius 2 is 0.942 bits per heavy atom. The summed E-state index contributed by atoms with van der Waals surface area (Å²) in [6.45, 7) is 0. The van der Waals surface area contributed by atoms with Crippen molar-refractivity contribution in [3.05, 3.63) is 170 Å². The third-order valence-corrected chi connectivity index (χ3v) is 10.1. The summed E-state index contributed by atoms with van der Waals surface area (Å²) in [4.78, 5) is 21.1. The molecule has 0 saturated carbocycles. The van der Waals surface area contributed by atoms with E-state index in [1.54, 1.807) is 0 Å². The highest BCUT2D eigenvalue weighted by molar-refractivity contribution is 6.22. The summed E-state index contributed by atoms with van der Waals surface area (Å²) in [5.74, 6) is 1.47. The van der Waals surface area contributed by atoms with E-state index in [-0.39, 0.29) is 0 Å². The van der Waals surface area contributed by atoms with E-state index in [1.165, 1.54) is 0 Å². The predicted octanol–water partition coefficient (Wildman–Crippen LogP) is 11.1. The molecule has 0 radical (unpaired) electrons. The van der Waals surface area contributed by atoms with Gasteiger partial charge >= 0.3 is 0 Å². The van der Waals surface area contributed by atoms with Crippen molar-refractivity contribution in [1.82, 2.24) is 28.9 Å². The fraction of sp³-hybridized carbons (Fsp3) is 0. The molecule has 4 aromatic heterocycles. The predicted molar refractivity (Wildman–Crippen MR) is 212 cm³/mol. The fourth-order valence-corrected chi connectivity index (χ4v) is 7.77. The number of rotatable bonds is 4. The lowest BCUT2D eigenvalue weighted by Crippen LogP contribution is -2.06. The summed E-state index contributed by atoms with van der Waals surface area (Å²) < 4.78 is 4.53. The van der Waals surface area contributed by atoms with Crippen molar-refractivity contribution in [2.45, 2.75) is 0 Å². The molecule has 0 unspecified atom stereocenters. The first-order valence-corrected chi connectivity index (χ1v) is 17.4. The molecule has 7 aromatic carbocycles. The standard InChI is InChI=1S/C46H28N6/c1-3-15-29(16-4-1)39-28-40(30-17-5-2-6-18-30)48-44(47-39)36-27-35-32-20-10-13-25-41(32)51(43(35)33-21-8-7-19-31(33)36)46-50-37-23-11-9-22-34(37)45-49-38-24-12-14-26-42(38)52(45)46/h1-28H. The summed E-state index contributed by atoms with van der Waals surface area (Å²) >= 11 is 0. The molecule has 6 nitrogen and oxygen atoms in total. The van der Waals surface area contributed by atoms with E-state index in [9.17, 15) is 0 Å². The van der Waals surface area contributed by atoms with Crippen molar-refractivity contribution in [2.24, 2.45) is 0 Å². The van der Waals surface area contributed by atoms with Gasteiger partial charge in [0.15, 0.2) is 5.82 Å². The van der Waals surface area contributed by atoms with Gasteiger partial charge in [-0.3, -0.25) is 8.97 Å². The molecule has 52 heavy (non-hydrogen) atoms. The van der Waals surface area contributed by atoms with Crippen LogP contribution in [-0.2, 0) is 0 Å². The number of benzene rings is 7. The molecule has 0 aliphatic heterocycles. The highest BCUT2D eigenvalue weighted by atomic mass is 15.2. The fourth-order valence-electron chi connectivity index (χ4n) is 7.77. The molecule has 11 aromatic rings. The molecule has 0 aliphatic rings. The Morgan fingerprint density at radius 1 is 0.385 bits per heavy atom. The lowest BCUT2D eigenvalue weighted by molar-refractivity contribution is 0.982. The molecule has 4 heterocycles. The van der Waals surface area contributed by atoms with E-state index in [0.717, 1.165) is 94.2 Å². The Bertz CT molecular complexity index is 3120. The average molecular weight is 665 g/mol. The highest BCUT2D eigenvalue weighted by Crippen LogP contribution is 2.42. The van der Waals surface area contributed by atoms with Crippen molar-refractivity contribution < 1.29 is 0 Å².